The van der Waals surface area contributed by atoms with Crippen molar-refractivity contribution in [3.8, 4) is 0 Å². The Hall–Kier alpha value is -2.26. The van der Waals surface area contributed by atoms with Gasteiger partial charge in [0.15, 0.2) is 0 Å². The van der Waals surface area contributed by atoms with Gasteiger partial charge in [-0.05, 0) is 12.1 Å². The van der Waals surface area contributed by atoms with E-state index < -0.39 is 18.4 Å². The maximum Gasteiger partial charge on any atom is 0.401 e. The molecule has 3 aliphatic heterocycles. The molecule has 144 valence electrons. The normalized spacial score (nSPS) is 21.9. The van der Waals surface area contributed by atoms with Gasteiger partial charge in [0.2, 0.25) is 0 Å². The predicted molar refractivity (Wildman–Crippen MR) is 95.2 cm³/mol. The quantitative estimate of drug-likeness (QED) is 0.816. The summed E-state index contributed by atoms with van der Waals surface area (Å²) in [5, 5.41) is 7.08. The van der Waals surface area contributed by atoms with Gasteiger partial charge in [-0.3, -0.25) is 4.90 Å². The first-order chi connectivity index (χ1) is 12.8. The number of hydrogen-bond acceptors (Lipinski definition) is 6. The SMILES string of the molecule is FC(F)(F)CN1CCC2(CC1)NC=C1C(Cl)=CC(Nc3ccncn3)=CN12. The standard InChI is InChI=1S/C17H18ClF3N6/c18-13-7-12(25-15-1-4-22-11-23-15)9-27-14(13)8-24-16(27)2-5-26(6-3-16)10-17(19,20)21/h1,4,7-9,11,24H,2-3,5-6,10H2,(H,22,23,25). The fourth-order valence-corrected chi connectivity index (χ4v) is 3.90. The number of alkyl halides is 3. The number of rotatable bonds is 3. The van der Waals surface area contributed by atoms with E-state index in [-0.39, 0.29) is 0 Å². The number of hydrogen-bond donors (Lipinski definition) is 2. The van der Waals surface area contributed by atoms with Crippen LogP contribution in [-0.4, -0.2) is 51.2 Å². The van der Waals surface area contributed by atoms with Crippen molar-refractivity contribution in [3.63, 3.8) is 0 Å². The van der Waals surface area contributed by atoms with Crippen molar-refractivity contribution in [1.29, 1.82) is 0 Å². The summed E-state index contributed by atoms with van der Waals surface area (Å²) in [7, 11) is 0. The molecule has 1 saturated heterocycles. The van der Waals surface area contributed by atoms with Crippen molar-refractivity contribution < 1.29 is 13.2 Å². The van der Waals surface area contributed by atoms with E-state index in [0.29, 0.717) is 36.8 Å². The fourth-order valence-electron chi connectivity index (χ4n) is 3.64. The van der Waals surface area contributed by atoms with Gasteiger partial charge in [0.25, 0.3) is 0 Å². The van der Waals surface area contributed by atoms with Crippen LogP contribution in [0.5, 0.6) is 0 Å². The molecule has 0 radical (unpaired) electrons. The maximum atomic E-state index is 12.7. The summed E-state index contributed by atoms with van der Waals surface area (Å²) in [6.07, 6.45) is 5.53. The highest BCUT2D eigenvalue weighted by atomic mass is 35.5. The molecule has 4 heterocycles. The smallest absolute Gasteiger partial charge is 0.367 e. The molecule has 1 spiro atoms. The summed E-state index contributed by atoms with van der Waals surface area (Å²) in [6.45, 7) is -0.164. The van der Waals surface area contributed by atoms with Crippen LogP contribution in [0.1, 0.15) is 12.8 Å². The molecule has 0 bridgehead atoms. The van der Waals surface area contributed by atoms with Crippen LogP contribution in [0.15, 0.2) is 53.5 Å². The molecule has 2 N–H and O–H groups in total. The van der Waals surface area contributed by atoms with Crippen molar-refractivity contribution in [3.05, 3.63) is 53.5 Å². The summed E-state index contributed by atoms with van der Waals surface area (Å²) in [6, 6.07) is 1.74. The molecule has 0 atom stereocenters. The molecule has 0 aromatic carbocycles. The number of anilines is 1. The van der Waals surface area contributed by atoms with Crippen LogP contribution in [0.25, 0.3) is 0 Å². The van der Waals surface area contributed by atoms with E-state index in [2.05, 4.69) is 20.6 Å². The van der Waals surface area contributed by atoms with Gasteiger partial charge >= 0.3 is 6.18 Å². The van der Waals surface area contributed by atoms with Crippen LogP contribution < -0.4 is 10.6 Å². The molecule has 0 unspecified atom stereocenters. The molecule has 4 rings (SSSR count). The Morgan fingerprint density at radius 2 is 2.07 bits per heavy atom. The molecule has 0 amide bonds. The monoisotopic (exact) mass is 398 g/mol. The molecule has 0 saturated carbocycles. The molecule has 1 fully saturated rings. The maximum absolute atomic E-state index is 12.7. The minimum atomic E-state index is -4.18. The van der Waals surface area contributed by atoms with Crippen molar-refractivity contribution in [2.45, 2.75) is 24.7 Å². The zero-order valence-corrected chi connectivity index (χ0v) is 15.1. The average molecular weight is 399 g/mol. The van der Waals surface area contributed by atoms with E-state index in [9.17, 15) is 13.2 Å². The van der Waals surface area contributed by atoms with Crippen molar-refractivity contribution in [1.82, 2.24) is 25.1 Å². The number of halogens is 4. The van der Waals surface area contributed by atoms with E-state index >= 15 is 0 Å². The molecule has 10 heteroatoms. The second-order valence-electron chi connectivity index (χ2n) is 6.76. The Bertz CT molecular complexity index is 797. The fraction of sp³-hybridized carbons (Fsp3) is 0.412. The summed E-state index contributed by atoms with van der Waals surface area (Å²) < 4.78 is 38.0. The second-order valence-corrected chi connectivity index (χ2v) is 7.17. The van der Waals surface area contributed by atoms with E-state index in [1.165, 1.54) is 11.2 Å². The Morgan fingerprint density at radius 1 is 1.30 bits per heavy atom. The molecular weight excluding hydrogens is 381 g/mol. The van der Waals surface area contributed by atoms with Crippen LogP contribution in [0, 0.1) is 0 Å². The van der Waals surface area contributed by atoms with Gasteiger partial charge < -0.3 is 15.5 Å². The van der Waals surface area contributed by atoms with Gasteiger partial charge in [-0.1, -0.05) is 11.6 Å². The lowest BCUT2D eigenvalue weighted by atomic mass is 9.95. The molecule has 1 aromatic heterocycles. The summed E-state index contributed by atoms with van der Waals surface area (Å²) in [4.78, 5) is 11.5. The largest absolute Gasteiger partial charge is 0.401 e. The lowest BCUT2D eigenvalue weighted by Gasteiger charge is -2.46. The number of aromatic nitrogens is 2. The van der Waals surface area contributed by atoms with Crippen LogP contribution >= 0.6 is 11.6 Å². The Balaban J connectivity index is 1.50. The molecule has 0 aliphatic carbocycles. The van der Waals surface area contributed by atoms with Crippen LogP contribution in [0.3, 0.4) is 0 Å². The first-order valence-electron chi connectivity index (χ1n) is 8.53. The Morgan fingerprint density at radius 3 is 2.74 bits per heavy atom. The van der Waals surface area contributed by atoms with E-state index in [1.54, 1.807) is 18.3 Å². The number of nitrogens with zero attached hydrogens (tertiary/aromatic N) is 4. The first-order valence-corrected chi connectivity index (χ1v) is 8.91. The third-order valence-corrected chi connectivity index (χ3v) is 5.24. The van der Waals surface area contributed by atoms with Gasteiger partial charge in [0.05, 0.1) is 23.0 Å². The molecule has 6 nitrogen and oxygen atoms in total. The van der Waals surface area contributed by atoms with Gasteiger partial charge in [-0.2, -0.15) is 13.2 Å². The molecule has 1 aromatic rings. The zero-order valence-electron chi connectivity index (χ0n) is 14.3. The minimum absolute atomic E-state index is 0.355. The zero-order chi connectivity index (χ0) is 19.1. The third kappa shape index (κ3) is 3.74. The number of likely N-dealkylation sites (tertiary alicyclic amines) is 1. The van der Waals surface area contributed by atoms with Crippen molar-refractivity contribution in [2.75, 3.05) is 25.0 Å². The summed E-state index contributed by atoms with van der Waals surface area (Å²) >= 11 is 6.44. The minimum Gasteiger partial charge on any atom is -0.367 e. The lowest BCUT2D eigenvalue weighted by molar-refractivity contribution is -0.150. The van der Waals surface area contributed by atoms with Gasteiger partial charge in [-0.25, -0.2) is 9.97 Å². The van der Waals surface area contributed by atoms with Gasteiger partial charge in [0.1, 0.15) is 17.8 Å². The van der Waals surface area contributed by atoms with E-state index in [1.807, 2.05) is 17.3 Å². The first kappa shape index (κ1) is 18.1. The number of allylic oxidation sites excluding steroid dienone is 2. The van der Waals surface area contributed by atoms with Crippen LogP contribution in [0.2, 0.25) is 0 Å². The van der Waals surface area contributed by atoms with E-state index in [0.717, 1.165) is 11.4 Å². The molecular formula is C17H18ClF3N6. The highest BCUT2D eigenvalue weighted by molar-refractivity contribution is 6.32. The molecule has 3 aliphatic rings. The highest BCUT2D eigenvalue weighted by Gasteiger charge is 2.46. The third-order valence-electron chi connectivity index (χ3n) is 4.93. The van der Waals surface area contributed by atoms with Crippen molar-refractivity contribution in [2.24, 2.45) is 0 Å². The molecule has 27 heavy (non-hydrogen) atoms. The van der Waals surface area contributed by atoms with Crippen LogP contribution in [-0.2, 0) is 0 Å². The highest BCUT2D eigenvalue weighted by Crippen LogP contribution is 2.41. The Kier molecular flexibility index (Phi) is 4.51. The van der Waals surface area contributed by atoms with Crippen molar-refractivity contribution >= 4 is 17.4 Å². The Labute approximate surface area is 159 Å². The van der Waals surface area contributed by atoms with Crippen LogP contribution in [0.4, 0.5) is 19.0 Å². The lowest BCUT2D eigenvalue weighted by Crippen LogP contribution is -2.58. The van der Waals surface area contributed by atoms with Gasteiger partial charge in [0, 0.05) is 44.5 Å². The number of piperidine rings is 1. The summed E-state index contributed by atoms with van der Waals surface area (Å²) in [5.74, 6) is 0.630. The van der Waals surface area contributed by atoms with E-state index in [4.69, 9.17) is 11.6 Å². The average Bonchev–Trinajstić information content (AvgIpc) is 2.96. The number of nitrogens with one attached hydrogen (secondary N) is 2. The predicted octanol–water partition coefficient (Wildman–Crippen LogP) is 2.97. The number of fused-ring (bicyclic) bond motifs is 2. The summed E-state index contributed by atoms with van der Waals surface area (Å²) in [5.41, 5.74) is 1.09. The topological polar surface area (TPSA) is 56.3 Å². The van der Waals surface area contributed by atoms with Gasteiger partial charge in [-0.15, -0.1) is 0 Å². The second kappa shape index (κ2) is 6.72.